The first kappa shape index (κ1) is 20.9. The van der Waals surface area contributed by atoms with Gasteiger partial charge >= 0.3 is 5.97 Å². The van der Waals surface area contributed by atoms with Crippen LogP contribution in [-0.2, 0) is 4.74 Å². The first-order valence-corrected chi connectivity index (χ1v) is 11.4. The Balaban J connectivity index is 1.77. The SMILES string of the molecule is COC(=O)c1cc2c3c(cc(-c4ccccc4)c(-c4ccccc4)c3c1)C(=O)N2c1ccccc1. The zero-order valence-corrected chi connectivity index (χ0v) is 19.1. The molecule has 0 atom stereocenters. The van der Waals surface area contributed by atoms with Gasteiger partial charge in [0.25, 0.3) is 5.91 Å². The van der Waals surface area contributed by atoms with Crippen LogP contribution in [-0.4, -0.2) is 19.0 Å². The normalized spacial score (nSPS) is 12.3. The number of rotatable bonds is 4. The minimum Gasteiger partial charge on any atom is -0.465 e. The first-order valence-electron chi connectivity index (χ1n) is 11.4. The van der Waals surface area contributed by atoms with Gasteiger partial charge < -0.3 is 4.74 Å². The summed E-state index contributed by atoms with van der Waals surface area (Å²) in [5.74, 6) is -0.559. The minimum atomic E-state index is -0.443. The molecular weight excluding hydrogens is 434 g/mol. The molecule has 5 aromatic rings. The van der Waals surface area contributed by atoms with E-state index in [-0.39, 0.29) is 5.91 Å². The summed E-state index contributed by atoms with van der Waals surface area (Å²) in [5, 5.41) is 1.68. The Bertz CT molecular complexity index is 1590. The van der Waals surface area contributed by atoms with Gasteiger partial charge in [-0.2, -0.15) is 0 Å². The molecular formula is C31H21NO3. The topological polar surface area (TPSA) is 46.6 Å². The summed E-state index contributed by atoms with van der Waals surface area (Å²) in [5.41, 5.74) is 6.39. The number of methoxy groups -OCH3 is 1. The minimum absolute atomic E-state index is 0.116. The van der Waals surface area contributed by atoms with Gasteiger partial charge in [0, 0.05) is 11.1 Å². The number of esters is 1. The van der Waals surface area contributed by atoms with Gasteiger partial charge in [-0.15, -0.1) is 0 Å². The molecule has 1 amide bonds. The van der Waals surface area contributed by atoms with Gasteiger partial charge in [-0.1, -0.05) is 78.9 Å². The van der Waals surface area contributed by atoms with E-state index in [0.29, 0.717) is 16.8 Å². The fourth-order valence-corrected chi connectivity index (χ4v) is 4.95. The van der Waals surface area contributed by atoms with Crippen LogP contribution in [0.1, 0.15) is 20.7 Å². The number of anilines is 2. The van der Waals surface area contributed by atoms with Crippen molar-refractivity contribution in [1.29, 1.82) is 0 Å². The van der Waals surface area contributed by atoms with E-state index in [2.05, 4.69) is 12.1 Å². The van der Waals surface area contributed by atoms with Gasteiger partial charge in [0.15, 0.2) is 0 Å². The third-order valence-corrected chi connectivity index (χ3v) is 6.47. The summed E-state index contributed by atoms with van der Waals surface area (Å²) in [6.07, 6.45) is 0. The van der Waals surface area contributed by atoms with Crippen molar-refractivity contribution in [3.63, 3.8) is 0 Å². The Morgan fingerprint density at radius 1 is 0.714 bits per heavy atom. The van der Waals surface area contributed by atoms with E-state index >= 15 is 0 Å². The lowest BCUT2D eigenvalue weighted by molar-refractivity contribution is 0.0600. The third-order valence-electron chi connectivity index (χ3n) is 6.47. The molecule has 1 heterocycles. The van der Waals surface area contributed by atoms with E-state index in [1.807, 2.05) is 91.0 Å². The Morgan fingerprint density at radius 3 is 1.94 bits per heavy atom. The maximum absolute atomic E-state index is 13.9. The molecule has 0 saturated carbocycles. The second kappa shape index (κ2) is 8.26. The van der Waals surface area contributed by atoms with Crippen molar-refractivity contribution < 1.29 is 14.3 Å². The van der Waals surface area contributed by atoms with Gasteiger partial charge in [0.2, 0.25) is 0 Å². The predicted molar refractivity (Wildman–Crippen MR) is 139 cm³/mol. The Labute approximate surface area is 203 Å². The molecule has 0 unspecified atom stereocenters. The number of para-hydroxylation sites is 1. The highest BCUT2D eigenvalue weighted by Crippen LogP contribution is 2.49. The molecule has 6 rings (SSSR count). The molecule has 0 aliphatic carbocycles. The molecule has 0 bridgehead atoms. The van der Waals surface area contributed by atoms with Crippen LogP contribution in [0, 0.1) is 0 Å². The number of benzene rings is 5. The molecule has 0 radical (unpaired) electrons. The number of amides is 1. The van der Waals surface area contributed by atoms with E-state index < -0.39 is 5.97 Å². The van der Waals surface area contributed by atoms with Crippen LogP contribution in [0.4, 0.5) is 11.4 Å². The number of carbonyl (C=O) groups is 2. The molecule has 5 aromatic carbocycles. The third kappa shape index (κ3) is 3.30. The van der Waals surface area contributed by atoms with Crippen molar-refractivity contribution in [2.75, 3.05) is 12.0 Å². The van der Waals surface area contributed by atoms with Gasteiger partial charge in [-0.25, -0.2) is 4.79 Å². The fraction of sp³-hybridized carbons (Fsp3) is 0.0323. The van der Waals surface area contributed by atoms with Crippen molar-refractivity contribution in [2.45, 2.75) is 0 Å². The molecule has 4 heteroatoms. The summed E-state index contributed by atoms with van der Waals surface area (Å²) in [6.45, 7) is 0. The number of nitrogens with zero attached hydrogens (tertiary/aromatic N) is 1. The molecule has 168 valence electrons. The lowest BCUT2D eigenvalue weighted by atomic mass is 9.87. The van der Waals surface area contributed by atoms with Gasteiger partial charge in [-0.3, -0.25) is 9.69 Å². The zero-order valence-electron chi connectivity index (χ0n) is 19.1. The van der Waals surface area contributed by atoms with Crippen LogP contribution >= 0.6 is 0 Å². The largest absolute Gasteiger partial charge is 0.465 e. The van der Waals surface area contributed by atoms with Crippen LogP contribution in [0.3, 0.4) is 0 Å². The first-order chi connectivity index (χ1) is 17.2. The Morgan fingerprint density at radius 2 is 1.31 bits per heavy atom. The quantitative estimate of drug-likeness (QED) is 0.268. The molecule has 0 saturated heterocycles. The smallest absolute Gasteiger partial charge is 0.337 e. The van der Waals surface area contributed by atoms with Crippen molar-refractivity contribution in [1.82, 2.24) is 0 Å². The molecule has 0 N–H and O–H groups in total. The van der Waals surface area contributed by atoms with E-state index in [1.54, 1.807) is 11.0 Å². The summed E-state index contributed by atoms with van der Waals surface area (Å²) >= 11 is 0. The number of hydrogen-bond acceptors (Lipinski definition) is 3. The second-order valence-corrected chi connectivity index (χ2v) is 8.46. The van der Waals surface area contributed by atoms with Crippen molar-refractivity contribution in [3.8, 4) is 22.3 Å². The van der Waals surface area contributed by atoms with Crippen LogP contribution in [0.15, 0.2) is 109 Å². The van der Waals surface area contributed by atoms with Crippen molar-refractivity contribution in [2.24, 2.45) is 0 Å². The zero-order chi connectivity index (χ0) is 23.9. The highest BCUT2D eigenvalue weighted by molar-refractivity contribution is 6.31. The molecule has 35 heavy (non-hydrogen) atoms. The second-order valence-electron chi connectivity index (χ2n) is 8.46. The van der Waals surface area contributed by atoms with E-state index in [9.17, 15) is 9.59 Å². The van der Waals surface area contributed by atoms with Gasteiger partial charge in [0.1, 0.15) is 0 Å². The lowest BCUT2D eigenvalue weighted by Crippen LogP contribution is -2.21. The van der Waals surface area contributed by atoms with E-state index in [1.165, 1.54) is 7.11 Å². The highest BCUT2D eigenvalue weighted by Gasteiger charge is 2.34. The number of hydrogen-bond donors (Lipinski definition) is 0. The molecule has 4 nitrogen and oxygen atoms in total. The van der Waals surface area contributed by atoms with E-state index in [4.69, 9.17) is 4.74 Å². The number of ether oxygens (including phenoxy) is 1. The number of carbonyl (C=O) groups excluding carboxylic acids is 2. The summed E-state index contributed by atoms with van der Waals surface area (Å²) in [4.78, 5) is 28.3. The van der Waals surface area contributed by atoms with Crippen LogP contribution < -0.4 is 4.90 Å². The van der Waals surface area contributed by atoms with Crippen LogP contribution in [0.2, 0.25) is 0 Å². The van der Waals surface area contributed by atoms with Crippen LogP contribution in [0.5, 0.6) is 0 Å². The van der Waals surface area contributed by atoms with Gasteiger partial charge in [-0.05, 0) is 58.0 Å². The predicted octanol–water partition coefficient (Wildman–Crippen LogP) is 7.25. The Kier molecular flexibility index (Phi) is 4.93. The monoisotopic (exact) mass is 455 g/mol. The lowest BCUT2D eigenvalue weighted by Gasteiger charge is -2.19. The molecule has 1 aliphatic heterocycles. The summed E-state index contributed by atoms with van der Waals surface area (Å²) < 4.78 is 5.09. The standard InChI is InChI=1S/C31H21NO3/c1-35-31(34)22-17-25-28(21-13-7-3-8-14-21)24(20-11-5-2-6-12-20)19-26-29(25)27(18-22)32(30(26)33)23-15-9-4-10-16-23/h2-19H,1H3. The van der Waals surface area contributed by atoms with Gasteiger partial charge in [0.05, 0.1) is 23.9 Å². The molecule has 0 spiro atoms. The summed E-state index contributed by atoms with van der Waals surface area (Å²) in [6, 6.07) is 35.2. The fourth-order valence-electron chi connectivity index (χ4n) is 4.95. The molecule has 0 aromatic heterocycles. The highest BCUT2D eigenvalue weighted by atomic mass is 16.5. The molecule has 0 fully saturated rings. The molecule has 1 aliphatic rings. The van der Waals surface area contributed by atoms with Crippen molar-refractivity contribution >= 4 is 34.0 Å². The average Bonchev–Trinajstić information content (AvgIpc) is 3.21. The van der Waals surface area contributed by atoms with E-state index in [0.717, 1.165) is 38.7 Å². The average molecular weight is 456 g/mol. The maximum atomic E-state index is 13.9. The van der Waals surface area contributed by atoms with Crippen LogP contribution in [0.25, 0.3) is 33.0 Å². The summed E-state index contributed by atoms with van der Waals surface area (Å²) in [7, 11) is 1.37. The maximum Gasteiger partial charge on any atom is 0.337 e. The Hall–Kier alpha value is -4.70. The van der Waals surface area contributed by atoms with Crippen molar-refractivity contribution in [3.05, 3.63) is 120 Å².